The van der Waals surface area contributed by atoms with E-state index < -0.39 is 5.82 Å². The summed E-state index contributed by atoms with van der Waals surface area (Å²) in [6, 6.07) is 14.0. The molecule has 1 N–H and O–H groups in total. The number of fused-ring (bicyclic) bond motifs is 1. The van der Waals surface area contributed by atoms with Crippen molar-refractivity contribution in [3.05, 3.63) is 70.1 Å². The SMILES string of the molecule is Cc1cc(F)c2[nH]c(-c3ccccc3)cc(=O)c2c1. The molecule has 0 saturated carbocycles. The van der Waals surface area contributed by atoms with E-state index >= 15 is 0 Å². The molecule has 0 atom stereocenters. The van der Waals surface area contributed by atoms with Gasteiger partial charge in [-0.05, 0) is 30.2 Å². The van der Waals surface area contributed by atoms with E-state index in [9.17, 15) is 9.18 Å². The summed E-state index contributed by atoms with van der Waals surface area (Å²) in [6.45, 7) is 1.77. The van der Waals surface area contributed by atoms with E-state index in [1.807, 2.05) is 30.3 Å². The molecule has 0 spiro atoms. The summed E-state index contributed by atoms with van der Waals surface area (Å²) in [5.74, 6) is -0.398. The average Bonchev–Trinajstić information content (AvgIpc) is 2.41. The van der Waals surface area contributed by atoms with E-state index in [2.05, 4.69) is 4.98 Å². The van der Waals surface area contributed by atoms with Crippen molar-refractivity contribution in [2.45, 2.75) is 6.92 Å². The zero-order chi connectivity index (χ0) is 13.4. The average molecular weight is 253 g/mol. The van der Waals surface area contributed by atoms with Gasteiger partial charge < -0.3 is 4.98 Å². The topological polar surface area (TPSA) is 32.9 Å². The first-order valence-electron chi connectivity index (χ1n) is 6.04. The lowest BCUT2D eigenvalue weighted by Crippen LogP contribution is -2.04. The summed E-state index contributed by atoms with van der Waals surface area (Å²) in [5, 5.41) is 0.386. The van der Waals surface area contributed by atoms with Crippen molar-refractivity contribution in [1.82, 2.24) is 4.98 Å². The molecule has 2 nitrogen and oxygen atoms in total. The van der Waals surface area contributed by atoms with Crippen LogP contribution in [0.4, 0.5) is 4.39 Å². The molecule has 0 radical (unpaired) electrons. The molecule has 0 amide bonds. The second-order valence-electron chi connectivity index (χ2n) is 4.58. The number of hydrogen-bond acceptors (Lipinski definition) is 1. The highest BCUT2D eigenvalue weighted by atomic mass is 19.1. The third-order valence-electron chi connectivity index (χ3n) is 3.12. The zero-order valence-electron chi connectivity index (χ0n) is 10.4. The van der Waals surface area contributed by atoms with Crippen LogP contribution in [0.1, 0.15) is 5.56 Å². The number of H-pyrrole nitrogens is 1. The van der Waals surface area contributed by atoms with Crippen LogP contribution >= 0.6 is 0 Å². The molecular formula is C16H12FNO. The molecule has 0 bridgehead atoms. The van der Waals surface area contributed by atoms with Gasteiger partial charge in [-0.25, -0.2) is 4.39 Å². The Morgan fingerprint density at radius 2 is 1.79 bits per heavy atom. The van der Waals surface area contributed by atoms with Gasteiger partial charge in [0.2, 0.25) is 0 Å². The highest BCUT2D eigenvalue weighted by Gasteiger charge is 2.08. The number of halogens is 1. The lowest BCUT2D eigenvalue weighted by Gasteiger charge is -2.06. The fraction of sp³-hybridized carbons (Fsp3) is 0.0625. The number of benzene rings is 2. The second-order valence-corrected chi connectivity index (χ2v) is 4.58. The maximum absolute atomic E-state index is 14.0. The molecule has 3 aromatic rings. The van der Waals surface area contributed by atoms with Crippen molar-refractivity contribution >= 4 is 10.9 Å². The van der Waals surface area contributed by atoms with Crippen LogP contribution in [0.2, 0.25) is 0 Å². The molecule has 2 aromatic carbocycles. The summed E-state index contributed by atoms with van der Waals surface area (Å²) in [5.41, 5.74) is 2.32. The summed E-state index contributed by atoms with van der Waals surface area (Å²) in [4.78, 5) is 15.1. The zero-order valence-corrected chi connectivity index (χ0v) is 10.4. The maximum atomic E-state index is 14.0. The van der Waals surface area contributed by atoms with E-state index in [-0.39, 0.29) is 10.9 Å². The van der Waals surface area contributed by atoms with Crippen LogP contribution in [-0.2, 0) is 0 Å². The van der Waals surface area contributed by atoms with Crippen molar-refractivity contribution in [3.63, 3.8) is 0 Å². The van der Waals surface area contributed by atoms with Gasteiger partial charge in [0.1, 0.15) is 5.82 Å². The Morgan fingerprint density at radius 3 is 2.53 bits per heavy atom. The summed E-state index contributed by atoms with van der Waals surface area (Å²) in [6.07, 6.45) is 0. The molecule has 0 aliphatic carbocycles. The van der Waals surface area contributed by atoms with Gasteiger partial charge in [-0.2, -0.15) is 0 Å². The molecule has 0 unspecified atom stereocenters. The first kappa shape index (κ1) is 11.7. The number of pyridine rings is 1. The van der Waals surface area contributed by atoms with Gasteiger partial charge in [-0.1, -0.05) is 30.3 Å². The van der Waals surface area contributed by atoms with E-state index in [0.717, 1.165) is 11.1 Å². The van der Waals surface area contributed by atoms with Crippen LogP contribution in [0.15, 0.2) is 53.3 Å². The molecule has 0 aliphatic heterocycles. The fourth-order valence-electron chi connectivity index (χ4n) is 2.22. The Hall–Kier alpha value is -2.42. The van der Waals surface area contributed by atoms with Gasteiger partial charge in [0, 0.05) is 17.1 Å². The Morgan fingerprint density at radius 1 is 1.05 bits per heavy atom. The van der Waals surface area contributed by atoms with Crippen molar-refractivity contribution < 1.29 is 4.39 Å². The van der Waals surface area contributed by atoms with Crippen molar-refractivity contribution in [2.24, 2.45) is 0 Å². The number of aromatic amines is 1. The maximum Gasteiger partial charge on any atom is 0.190 e. The minimum Gasteiger partial charge on any atom is -0.352 e. The predicted octanol–water partition coefficient (Wildman–Crippen LogP) is 3.64. The van der Waals surface area contributed by atoms with E-state index in [0.29, 0.717) is 11.1 Å². The Bertz CT molecular complexity index is 806. The monoisotopic (exact) mass is 253 g/mol. The highest BCUT2D eigenvalue weighted by molar-refractivity contribution is 5.82. The van der Waals surface area contributed by atoms with E-state index in [1.165, 1.54) is 12.1 Å². The molecule has 1 heterocycles. The molecule has 0 saturated heterocycles. The van der Waals surface area contributed by atoms with Gasteiger partial charge in [0.15, 0.2) is 5.43 Å². The number of nitrogens with one attached hydrogen (secondary N) is 1. The van der Waals surface area contributed by atoms with Crippen molar-refractivity contribution in [3.8, 4) is 11.3 Å². The Kier molecular flexibility index (Phi) is 2.67. The minimum atomic E-state index is -0.398. The predicted molar refractivity (Wildman–Crippen MR) is 74.7 cm³/mol. The fourth-order valence-corrected chi connectivity index (χ4v) is 2.22. The van der Waals surface area contributed by atoms with Crippen LogP contribution in [0.25, 0.3) is 22.2 Å². The molecule has 94 valence electrons. The third kappa shape index (κ3) is 2.03. The molecular weight excluding hydrogens is 241 g/mol. The van der Waals surface area contributed by atoms with Gasteiger partial charge >= 0.3 is 0 Å². The van der Waals surface area contributed by atoms with Crippen LogP contribution in [-0.4, -0.2) is 4.98 Å². The van der Waals surface area contributed by atoms with E-state index in [1.54, 1.807) is 13.0 Å². The van der Waals surface area contributed by atoms with E-state index in [4.69, 9.17) is 0 Å². The number of aryl methyl sites for hydroxylation is 1. The normalized spacial score (nSPS) is 10.8. The van der Waals surface area contributed by atoms with Gasteiger partial charge in [-0.15, -0.1) is 0 Å². The Balaban J connectivity index is 2.34. The molecule has 0 fully saturated rings. The van der Waals surface area contributed by atoms with Crippen LogP contribution < -0.4 is 5.43 Å². The third-order valence-corrected chi connectivity index (χ3v) is 3.12. The van der Waals surface area contributed by atoms with Crippen LogP contribution in [0, 0.1) is 12.7 Å². The minimum absolute atomic E-state index is 0.171. The molecule has 0 aliphatic rings. The molecule has 19 heavy (non-hydrogen) atoms. The standard InChI is InChI=1S/C16H12FNO/c1-10-7-12-15(19)9-14(11-5-3-2-4-6-11)18-16(12)13(17)8-10/h2-9H,1H3,(H,18,19). The quantitative estimate of drug-likeness (QED) is 0.705. The summed E-state index contributed by atoms with van der Waals surface area (Å²) >= 11 is 0. The number of hydrogen-bond donors (Lipinski definition) is 1. The number of rotatable bonds is 1. The van der Waals surface area contributed by atoms with Gasteiger partial charge in [0.05, 0.1) is 5.52 Å². The van der Waals surface area contributed by atoms with Gasteiger partial charge in [-0.3, -0.25) is 4.79 Å². The second kappa shape index (κ2) is 4.35. The van der Waals surface area contributed by atoms with Crippen molar-refractivity contribution in [1.29, 1.82) is 0 Å². The first-order valence-corrected chi connectivity index (χ1v) is 6.04. The molecule has 3 heteroatoms. The summed E-state index contributed by atoms with van der Waals surface area (Å²) in [7, 11) is 0. The molecule has 1 aromatic heterocycles. The van der Waals surface area contributed by atoms with Crippen molar-refractivity contribution in [2.75, 3.05) is 0 Å². The number of aromatic nitrogens is 1. The highest BCUT2D eigenvalue weighted by Crippen LogP contribution is 2.20. The Labute approximate surface area is 109 Å². The van der Waals surface area contributed by atoms with Crippen LogP contribution in [0.3, 0.4) is 0 Å². The molecule has 3 rings (SSSR count). The van der Waals surface area contributed by atoms with Gasteiger partial charge in [0.25, 0.3) is 0 Å². The lowest BCUT2D eigenvalue weighted by atomic mass is 10.1. The largest absolute Gasteiger partial charge is 0.352 e. The smallest absolute Gasteiger partial charge is 0.190 e. The first-order chi connectivity index (χ1) is 9.15. The lowest BCUT2D eigenvalue weighted by molar-refractivity contribution is 0.635. The summed E-state index contributed by atoms with van der Waals surface area (Å²) < 4.78 is 14.0. The van der Waals surface area contributed by atoms with Crippen LogP contribution in [0.5, 0.6) is 0 Å².